The number of hydrogen-bond acceptors (Lipinski definition) is 1. The van der Waals surface area contributed by atoms with Crippen LogP contribution in [-0.2, 0) is 6.42 Å². The zero-order chi connectivity index (χ0) is 12.7. The van der Waals surface area contributed by atoms with Crippen molar-refractivity contribution in [2.24, 2.45) is 5.41 Å². The summed E-state index contributed by atoms with van der Waals surface area (Å²) < 4.78 is 0. The lowest BCUT2D eigenvalue weighted by molar-refractivity contribution is 0.325. The molecule has 0 radical (unpaired) electrons. The van der Waals surface area contributed by atoms with Gasteiger partial charge in [-0.2, -0.15) is 0 Å². The van der Waals surface area contributed by atoms with Crippen LogP contribution in [0, 0.1) is 12.3 Å². The largest absolute Gasteiger partial charge is 0.317 e. The number of aryl methyl sites for hydroxylation is 1. The third-order valence-corrected chi connectivity index (χ3v) is 3.17. The summed E-state index contributed by atoms with van der Waals surface area (Å²) in [5.41, 5.74) is 3.21. The maximum absolute atomic E-state index is 3.49. The molecule has 0 spiro atoms. The molecular formula is C16H27N. The first-order valence-electron chi connectivity index (χ1n) is 6.80. The van der Waals surface area contributed by atoms with Gasteiger partial charge in [0.1, 0.15) is 0 Å². The van der Waals surface area contributed by atoms with Crippen LogP contribution in [0.15, 0.2) is 24.3 Å². The van der Waals surface area contributed by atoms with Gasteiger partial charge in [0.2, 0.25) is 0 Å². The summed E-state index contributed by atoms with van der Waals surface area (Å²) in [5, 5.41) is 3.49. The molecule has 0 bridgehead atoms. The fourth-order valence-electron chi connectivity index (χ4n) is 2.19. The van der Waals surface area contributed by atoms with Crippen molar-refractivity contribution in [1.82, 2.24) is 5.32 Å². The Morgan fingerprint density at radius 2 is 1.94 bits per heavy atom. The van der Waals surface area contributed by atoms with Gasteiger partial charge in [-0.3, -0.25) is 0 Å². The van der Waals surface area contributed by atoms with Crippen LogP contribution in [0.2, 0.25) is 0 Å². The molecule has 1 aromatic carbocycles. The summed E-state index contributed by atoms with van der Waals surface area (Å²) >= 11 is 0. The predicted molar refractivity (Wildman–Crippen MR) is 76.4 cm³/mol. The van der Waals surface area contributed by atoms with Gasteiger partial charge in [-0.15, -0.1) is 0 Å². The summed E-state index contributed by atoms with van der Waals surface area (Å²) in [6.07, 6.45) is 3.63. The molecule has 0 amide bonds. The number of benzene rings is 1. The molecule has 1 rings (SSSR count). The highest BCUT2D eigenvalue weighted by Gasteiger charge is 2.17. The Bertz CT molecular complexity index is 328. The van der Waals surface area contributed by atoms with Crippen molar-refractivity contribution in [2.75, 3.05) is 13.1 Å². The highest BCUT2D eigenvalue weighted by molar-refractivity contribution is 5.23. The average Bonchev–Trinajstić information content (AvgIpc) is 2.24. The van der Waals surface area contributed by atoms with Crippen molar-refractivity contribution in [2.45, 2.75) is 47.0 Å². The molecule has 0 atom stereocenters. The van der Waals surface area contributed by atoms with Gasteiger partial charge in [-0.05, 0) is 50.3 Å². The second kappa shape index (κ2) is 6.80. The molecule has 0 fully saturated rings. The van der Waals surface area contributed by atoms with E-state index >= 15 is 0 Å². The standard InChI is InChI=1S/C16H27N/c1-5-10-17-11-9-16(3,4)13-15-8-6-7-14(2)12-15/h6-8,12,17H,5,9-11,13H2,1-4H3. The van der Waals surface area contributed by atoms with Crippen LogP contribution >= 0.6 is 0 Å². The fourth-order valence-corrected chi connectivity index (χ4v) is 2.19. The fraction of sp³-hybridized carbons (Fsp3) is 0.625. The Hall–Kier alpha value is -0.820. The number of rotatable bonds is 7. The van der Waals surface area contributed by atoms with Crippen LogP contribution < -0.4 is 5.32 Å². The van der Waals surface area contributed by atoms with E-state index in [1.807, 2.05) is 0 Å². The molecule has 0 aliphatic heterocycles. The van der Waals surface area contributed by atoms with Crippen molar-refractivity contribution >= 4 is 0 Å². The Balaban J connectivity index is 2.42. The molecule has 1 aromatic rings. The lowest BCUT2D eigenvalue weighted by atomic mass is 9.82. The van der Waals surface area contributed by atoms with Crippen molar-refractivity contribution in [3.63, 3.8) is 0 Å². The van der Waals surface area contributed by atoms with Crippen LogP contribution in [0.25, 0.3) is 0 Å². The normalized spacial score (nSPS) is 11.8. The van der Waals surface area contributed by atoms with Crippen molar-refractivity contribution in [1.29, 1.82) is 0 Å². The lowest BCUT2D eigenvalue weighted by Gasteiger charge is -2.25. The molecule has 0 saturated heterocycles. The van der Waals surface area contributed by atoms with Gasteiger partial charge in [0.25, 0.3) is 0 Å². The molecule has 0 saturated carbocycles. The summed E-state index contributed by atoms with van der Waals surface area (Å²) in [5.74, 6) is 0. The highest BCUT2D eigenvalue weighted by Crippen LogP contribution is 2.25. The Morgan fingerprint density at radius 3 is 2.59 bits per heavy atom. The molecule has 0 aliphatic carbocycles. The second-order valence-electron chi connectivity index (χ2n) is 5.83. The van der Waals surface area contributed by atoms with Crippen LogP contribution in [0.1, 0.15) is 44.7 Å². The topological polar surface area (TPSA) is 12.0 Å². The predicted octanol–water partition coefficient (Wildman–Crippen LogP) is 3.95. The van der Waals surface area contributed by atoms with E-state index in [2.05, 4.69) is 57.3 Å². The molecule has 0 aliphatic rings. The van der Waals surface area contributed by atoms with E-state index < -0.39 is 0 Å². The van der Waals surface area contributed by atoms with Gasteiger partial charge in [0.05, 0.1) is 0 Å². The molecule has 1 heteroatoms. The van der Waals surface area contributed by atoms with E-state index in [9.17, 15) is 0 Å². The first-order valence-corrected chi connectivity index (χ1v) is 6.80. The van der Waals surface area contributed by atoms with Gasteiger partial charge in [-0.25, -0.2) is 0 Å². The van der Waals surface area contributed by atoms with E-state index in [-0.39, 0.29) is 0 Å². The van der Waals surface area contributed by atoms with E-state index in [1.54, 1.807) is 0 Å². The highest BCUT2D eigenvalue weighted by atomic mass is 14.8. The maximum Gasteiger partial charge on any atom is -0.00437 e. The van der Waals surface area contributed by atoms with Gasteiger partial charge >= 0.3 is 0 Å². The summed E-state index contributed by atoms with van der Waals surface area (Å²) in [4.78, 5) is 0. The van der Waals surface area contributed by atoms with Crippen molar-refractivity contribution < 1.29 is 0 Å². The van der Waals surface area contributed by atoms with E-state index in [0.29, 0.717) is 5.41 Å². The smallest absolute Gasteiger partial charge is 0.00437 e. The molecular weight excluding hydrogens is 206 g/mol. The molecule has 96 valence electrons. The van der Waals surface area contributed by atoms with Crippen LogP contribution in [0.4, 0.5) is 0 Å². The van der Waals surface area contributed by atoms with E-state index in [4.69, 9.17) is 0 Å². The monoisotopic (exact) mass is 233 g/mol. The molecule has 1 N–H and O–H groups in total. The minimum Gasteiger partial charge on any atom is -0.317 e. The third kappa shape index (κ3) is 5.88. The summed E-state index contributed by atoms with van der Waals surface area (Å²) in [6.45, 7) is 11.4. The van der Waals surface area contributed by atoms with Gasteiger partial charge in [0.15, 0.2) is 0 Å². The lowest BCUT2D eigenvalue weighted by Crippen LogP contribution is -2.24. The molecule has 0 heterocycles. The minimum atomic E-state index is 0.383. The number of nitrogens with one attached hydrogen (secondary N) is 1. The quantitative estimate of drug-likeness (QED) is 0.703. The Morgan fingerprint density at radius 1 is 1.18 bits per heavy atom. The van der Waals surface area contributed by atoms with Crippen molar-refractivity contribution in [3.05, 3.63) is 35.4 Å². The molecule has 0 aromatic heterocycles. The van der Waals surface area contributed by atoms with Crippen LogP contribution in [0.3, 0.4) is 0 Å². The average molecular weight is 233 g/mol. The van der Waals surface area contributed by atoms with E-state index in [1.165, 1.54) is 30.4 Å². The third-order valence-electron chi connectivity index (χ3n) is 3.17. The van der Waals surface area contributed by atoms with Gasteiger partial charge < -0.3 is 5.32 Å². The second-order valence-corrected chi connectivity index (χ2v) is 5.83. The Kier molecular flexibility index (Phi) is 5.70. The van der Waals surface area contributed by atoms with Gasteiger partial charge in [-0.1, -0.05) is 50.6 Å². The first kappa shape index (κ1) is 14.2. The van der Waals surface area contributed by atoms with Gasteiger partial charge in [0, 0.05) is 0 Å². The zero-order valence-electron chi connectivity index (χ0n) is 11.8. The summed E-state index contributed by atoms with van der Waals surface area (Å²) in [7, 11) is 0. The maximum atomic E-state index is 3.49. The molecule has 0 unspecified atom stereocenters. The molecule has 1 nitrogen and oxygen atoms in total. The Labute approximate surface area is 107 Å². The summed E-state index contributed by atoms with van der Waals surface area (Å²) in [6, 6.07) is 8.88. The van der Waals surface area contributed by atoms with Crippen LogP contribution in [-0.4, -0.2) is 13.1 Å². The SMILES string of the molecule is CCCNCCC(C)(C)Cc1cccc(C)c1. The zero-order valence-corrected chi connectivity index (χ0v) is 11.8. The minimum absolute atomic E-state index is 0.383. The first-order chi connectivity index (χ1) is 8.03. The van der Waals surface area contributed by atoms with E-state index in [0.717, 1.165) is 13.1 Å². The number of hydrogen-bond donors (Lipinski definition) is 1. The molecule has 17 heavy (non-hydrogen) atoms. The van der Waals surface area contributed by atoms with Crippen molar-refractivity contribution in [3.8, 4) is 0 Å². The van der Waals surface area contributed by atoms with Crippen LogP contribution in [0.5, 0.6) is 0 Å².